The van der Waals surface area contributed by atoms with E-state index in [0.717, 1.165) is 11.6 Å². The number of nitriles is 1. The van der Waals surface area contributed by atoms with Crippen LogP contribution in [0.3, 0.4) is 0 Å². The largest absolute Gasteiger partial charge is 0.399 e. The Morgan fingerprint density at radius 2 is 2.05 bits per heavy atom. The third kappa shape index (κ3) is 3.03. The van der Waals surface area contributed by atoms with E-state index in [2.05, 4.69) is 0 Å². The number of anilines is 1. The molecular weight excluding hydrogens is 275 g/mol. The first-order chi connectivity index (χ1) is 9.51. The summed E-state index contributed by atoms with van der Waals surface area (Å²) >= 11 is 0. The fraction of sp³-hybridized carbons (Fsp3) is 0.133. The number of nitrogens with two attached hydrogens (primary N) is 1. The average molecular weight is 288 g/mol. The normalized spacial score (nSPS) is 11.8. The van der Waals surface area contributed by atoms with Crippen molar-refractivity contribution in [3.63, 3.8) is 0 Å². The van der Waals surface area contributed by atoms with E-state index >= 15 is 0 Å². The van der Waals surface area contributed by atoms with E-state index < -0.39 is 16.6 Å². The molecule has 1 unspecified atom stereocenters. The molecule has 1 atom stereocenters. The topological polar surface area (TPSA) is 66.9 Å². The van der Waals surface area contributed by atoms with Crippen LogP contribution in [0.2, 0.25) is 0 Å². The Labute approximate surface area is 119 Å². The summed E-state index contributed by atoms with van der Waals surface area (Å²) in [4.78, 5) is 0.612. The summed E-state index contributed by atoms with van der Waals surface area (Å²) in [7, 11) is -1.35. The molecule has 0 saturated heterocycles. The SMILES string of the molecule is Cc1cc(S(=O)Cc2ccc(C#N)cc2F)ccc1N. The summed E-state index contributed by atoms with van der Waals surface area (Å²) in [5.41, 5.74) is 7.77. The van der Waals surface area contributed by atoms with Gasteiger partial charge in [0.25, 0.3) is 0 Å². The maximum atomic E-state index is 13.8. The molecule has 0 saturated carbocycles. The lowest BCUT2D eigenvalue weighted by atomic mass is 10.1. The zero-order valence-electron chi connectivity index (χ0n) is 10.9. The van der Waals surface area contributed by atoms with E-state index in [1.54, 1.807) is 18.2 Å². The van der Waals surface area contributed by atoms with E-state index in [4.69, 9.17) is 11.0 Å². The molecule has 0 aliphatic rings. The molecular formula is C15H13FN2OS. The van der Waals surface area contributed by atoms with E-state index in [9.17, 15) is 8.60 Å². The van der Waals surface area contributed by atoms with Crippen molar-refractivity contribution in [1.82, 2.24) is 0 Å². The Balaban J connectivity index is 2.23. The average Bonchev–Trinajstić information content (AvgIpc) is 2.43. The number of benzene rings is 2. The zero-order valence-corrected chi connectivity index (χ0v) is 11.7. The van der Waals surface area contributed by atoms with E-state index in [1.807, 2.05) is 13.0 Å². The smallest absolute Gasteiger partial charge is 0.128 e. The first kappa shape index (κ1) is 14.2. The number of aryl methyl sites for hydroxylation is 1. The first-order valence-corrected chi connectivity index (χ1v) is 7.26. The molecule has 0 spiro atoms. The highest BCUT2D eigenvalue weighted by Gasteiger charge is 2.10. The molecule has 2 aromatic rings. The fourth-order valence-electron chi connectivity index (χ4n) is 1.75. The predicted octanol–water partition coefficient (Wildman–Crippen LogP) is 2.90. The number of halogens is 1. The Hall–Kier alpha value is -2.19. The molecule has 0 heterocycles. The summed E-state index contributed by atoms with van der Waals surface area (Å²) in [6.45, 7) is 1.83. The molecule has 0 fully saturated rings. The van der Waals surface area contributed by atoms with Crippen molar-refractivity contribution in [2.24, 2.45) is 0 Å². The molecule has 2 rings (SSSR count). The lowest BCUT2D eigenvalue weighted by molar-refractivity contribution is 0.614. The summed E-state index contributed by atoms with van der Waals surface area (Å²) in [5, 5.41) is 8.68. The molecule has 0 aromatic heterocycles. The van der Waals surface area contributed by atoms with Crippen molar-refractivity contribution in [3.8, 4) is 6.07 Å². The fourth-order valence-corrected chi connectivity index (χ4v) is 2.96. The Kier molecular flexibility index (Phi) is 4.16. The number of hydrogen-bond donors (Lipinski definition) is 1. The van der Waals surface area contributed by atoms with Crippen molar-refractivity contribution >= 4 is 16.5 Å². The quantitative estimate of drug-likeness (QED) is 0.883. The van der Waals surface area contributed by atoms with Crippen molar-refractivity contribution in [1.29, 1.82) is 5.26 Å². The minimum atomic E-state index is -1.35. The van der Waals surface area contributed by atoms with Crippen molar-refractivity contribution < 1.29 is 8.60 Å². The molecule has 5 heteroatoms. The lowest BCUT2D eigenvalue weighted by Crippen LogP contribution is -2.01. The molecule has 0 aliphatic heterocycles. The molecule has 102 valence electrons. The van der Waals surface area contributed by atoms with Crippen LogP contribution in [0.4, 0.5) is 10.1 Å². The van der Waals surface area contributed by atoms with Gasteiger partial charge in [-0.1, -0.05) is 6.07 Å². The number of nitrogen functional groups attached to an aromatic ring is 1. The molecule has 0 amide bonds. The molecule has 3 nitrogen and oxygen atoms in total. The third-order valence-electron chi connectivity index (χ3n) is 2.97. The van der Waals surface area contributed by atoms with Gasteiger partial charge in [0, 0.05) is 16.1 Å². The van der Waals surface area contributed by atoms with Gasteiger partial charge in [0.1, 0.15) is 5.82 Å². The maximum Gasteiger partial charge on any atom is 0.128 e. The summed E-state index contributed by atoms with van der Waals surface area (Å²) in [6.07, 6.45) is 0. The van der Waals surface area contributed by atoms with Crippen LogP contribution in [0.25, 0.3) is 0 Å². The molecule has 0 radical (unpaired) electrons. The van der Waals surface area contributed by atoms with Crippen molar-refractivity contribution in [2.75, 3.05) is 5.73 Å². The minimum absolute atomic E-state index is 0.0703. The first-order valence-electron chi connectivity index (χ1n) is 5.94. The van der Waals surface area contributed by atoms with Crippen molar-refractivity contribution in [3.05, 3.63) is 58.9 Å². The highest BCUT2D eigenvalue weighted by Crippen LogP contribution is 2.19. The summed E-state index contributed by atoms with van der Waals surface area (Å²) < 4.78 is 26.0. The van der Waals surface area contributed by atoms with E-state index in [1.165, 1.54) is 12.1 Å². The number of rotatable bonds is 3. The number of hydrogen-bond acceptors (Lipinski definition) is 3. The van der Waals surface area contributed by atoms with Crippen LogP contribution >= 0.6 is 0 Å². The molecule has 0 aliphatic carbocycles. The maximum absolute atomic E-state index is 13.8. The van der Waals surface area contributed by atoms with E-state index in [-0.39, 0.29) is 11.3 Å². The second-order valence-electron chi connectivity index (χ2n) is 4.43. The second kappa shape index (κ2) is 5.85. The second-order valence-corrected chi connectivity index (χ2v) is 5.88. The molecule has 20 heavy (non-hydrogen) atoms. The van der Waals surface area contributed by atoms with Gasteiger partial charge in [-0.3, -0.25) is 4.21 Å². The van der Waals surface area contributed by atoms with Crippen LogP contribution < -0.4 is 5.73 Å². The lowest BCUT2D eigenvalue weighted by Gasteiger charge is -2.06. The van der Waals surface area contributed by atoms with Gasteiger partial charge in [-0.2, -0.15) is 5.26 Å². The Morgan fingerprint density at radius 3 is 2.65 bits per heavy atom. The van der Waals surface area contributed by atoms with E-state index in [0.29, 0.717) is 16.1 Å². The predicted molar refractivity (Wildman–Crippen MR) is 76.8 cm³/mol. The Bertz CT molecular complexity index is 722. The van der Waals surface area contributed by atoms with Crippen LogP contribution in [-0.2, 0) is 16.6 Å². The highest BCUT2D eigenvalue weighted by molar-refractivity contribution is 7.84. The summed E-state index contributed by atoms with van der Waals surface area (Å²) in [6, 6.07) is 11.1. The van der Waals surface area contributed by atoms with Gasteiger partial charge in [0.05, 0.1) is 28.2 Å². The van der Waals surface area contributed by atoms with Gasteiger partial charge in [0.2, 0.25) is 0 Å². The monoisotopic (exact) mass is 288 g/mol. The van der Waals surface area contributed by atoms with Crippen LogP contribution in [0.1, 0.15) is 16.7 Å². The standard InChI is InChI=1S/C15H13FN2OS/c1-10-6-13(4-5-15(10)18)20(19)9-12-3-2-11(8-17)7-14(12)16/h2-7H,9,18H2,1H3. The molecule has 0 bridgehead atoms. The van der Waals surface area contributed by atoms with Gasteiger partial charge in [-0.05, 0) is 42.8 Å². The minimum Gasteiger partial charge on any atom is -0.399 e. The Morgan fingerprint density at radius 1 is 1.30 bits per heavy atom. The van der Waals surface area contributed by atoms with Gasteiger partial charge in [-0.15, -0.1) is 0 Å². The highest BCUT2D eigenvalue weighted by atomic mass is 32.2. The van der Waals surface area contributed by atoms with Gasteiger partial charge < -0.3 is 5.73 Å². The van der Waals surface area contributed by atoms with Gasteiger partial charge >= 0.3 is 0 Å². The van der Waals surface area contributed by atoms with Gasteiger partial charge in [0.15, 0.2) is 0 Å². The molecule has 2 aromatic carbocycles. The van der Waals surface area contributed by atoms with Crippen LogP contribution in [0, 0.1) is 24.1 Å². The van der Waals surface area contributed by atoms with Crippen LogP contribution in [0.15, 0.2) is 41.3 Å². The summed E-state index contributed by atoms with van der Waals surface area (Å²) in [5.74, 6) is -0.439. The van der Waals surface area contributed by atoms with Gasteiger partial charge in [-0.25, -0.2) is 4.39 Å². The third-order valence-corrected chi connectivity index (χ3v) is 4.33. The molecule has 2 N–H and O–H groups in total. The number of nitrogens with zero attached hydrogens (tertiary/aromatic N) is 1. The van der Waals surface area contributed by atoms with Crippen molar-refractivity contribution in [2.45, 2.75) is 17.6 Å². The zero-order chi connectivity index (χ0) is 14.7. The van der Waals surface area contributed by atoms with Crippen LogP contribution in [-0.4, -0.2) is 4.21 Å². The van der Waals surface area contributed by atoms with Crippen LogP contribution in [0.5, 0.6) is 0 Å².